The topological polar surface area (TPSA) is 12.9 Å². The lowest BCUT2D eigenvalue weighted by Gasteiger charge is -1.90. The zero-order valence-electron chi connectivity index (χ0n) is 6.22. The lowest BCUT2D eigenvalue weighted by Crippen LogP contribution is -1.77. The van der Waals surface area contributed by atoms with Gasteiger partial charge in [-0.1, -0.05) is 13.2 Å². The van der Waals surface area contributed by atoms with Gasteiger partial charge in [0, 0.05) is 3.58 Å². The molecular weight excluding hydrogens is 269 g/mol. The van der Waals surface area contributed by atoms with Crippen LogP contribution in [0.15, 0.2) is 13.2 Å². The summed E-state index contributed by atoms with van der Waals surface area (Å²) < 4.78 is 0.974. The molecule has 58 valence electrons. The van der Waals surface area contributed by atoms with Gasteiger partial charge in [0.1, 0.15) is 0 Å². The van der Waals surface area contributed by atoms with Crippen LogP contribution in [0.4, 0.5) is 0 Å². The van der Waals surface area contributed by atoms with Crippen LogP contribution in [0.1, 0.15) is 15.6 Å². The average molecular weight is 277 g/mol. The molecular formula is C8H8INS. The maximum Gasteiger partial charge on any atom is 0.0942 e. The van der Waals surface area contributed by atoms with E-state index in [0.29, 0.717) is 0 Å². The molecule has 0 fully saturated rings. The quantitative estimate of drug-likeness (QED) is 0.754. The average Bonchev–Trinajstić information content (AvgIpc) is 2.30. The molecule has 0 aromatic carbocycles. The number of nitrogens with zero attached hydrogens (tertiary/aromatic N) is 1. The monoisotopic (exact) mass is 277 g/mol. The second kappa shape index (κ2) is 3.49. The van der Waals surface area contributed by atoms with Gasteiger partial charge in [-0.2, -0.15) is 0 Å². The fourth-order valence-electron chi connectivity index (χ4n) is 0.776. The van der Waals surface area contributed by atoms with Crippen molar-refractivity contribution < 1.29 is 0 Å². The first kappa shape index (κ1) is 8.93. The predicted molar refractivity (Wildman–Crippen MR) is 60.0 cm³/mol. The van der Waals surface area contributed by atoms with Crippen LogP contribution in [0.5, 0.6) is 0 Å². The summed E-state index contributed by atoms with van der Waals surface area (Å²) in [6.07, 6.45) is 1.82. The second-order valence-electron chi connectivity index (χ2n) is 2.05. The summed E-state index contributed by atoms with van der Waals surface area (Å²) in [5.74, 6) is 0. The van der Waals surface area contributed by atoms with Gasteiger partial charge in [-0.3, -0.25) is 0 Å². The van der Waals surface area contributed by atoms with Crippen LogP contribution in [0, 0.1) is 6.92 Å². The van der Waals surface area contributed by atoms with Crippen LogP contribution in [-0.2, 0) is 0 Å². The van der Waals surface area contributed by atoms with Crippen molar-refractivity contribution in [2.75, 3.05) is 0 Å². The summed E-state index contributed by atoms with van der Waals surface area (Å²) in [4.78, 5) is 5.43. The highest BCUT2D eigenvalue weighted by Gasteiger charge is 2.06. The Hall–Kier alpha value is -0.160. The Balaban J connectivity index is 3.22. The van der Waals surface area contributed by atoms with Crippen molar-refractivity contribution in [1.29, 1.82) is 0 Å². The number of aryl methyl sites for hydroxylation is 1. The normalized spacial score (nSPS) is 9.64. The Bertz CT molecular complexity index is 301. The molecule has 1 nitrogen and oxygen atoms in total. The molecule has 0 amide bonds. The standard InChI is InChI=1S/C8H8INS/c1-4-7-8(5(2)9)10-6(3)11-7/h4H,1-2H2,3H3. The minimum atomic E-state index is 0.974. The Kier molecular flexibility index (Phi) is 2.84. The summed E-state index contributed by atoms with van der Waals surface area (Å²) in [6, 6.07) is 0. The summed E-state index contributed by atoms with van der Waals surface area (Å²) in [7, 11) is 0. The Labute approximate surface area is 84.0 Å². The molecule has 0 unspecified atom stereocenters. The van der Waals surface area contributed by atoms with Crippen LogP contribution in [0.25, 0.3) is 9.66 Å². The molecule has 0 aliphatic heterocycles. The van der Waals surface area contributed by atoms with Crippen molar-refractivity contribution in [2.45, 2.75) is 6.92 Å². The first-order valence-corrected chi connectivity index (χ1v) is 4.99. The third-order valence-corrected chi connectivity index (χ3v) is 2.68. The fraction of sp³-hybridized carbons (Fsp3) is 0.125. The van der Waals surface area contributed by atoms with Gasteiger partial charge in [0.2, 0.25) is 0 Å². The van der Waals surface area contributed by atoms with E-state index in [1.165, 1.54) is 0 Å². The van der Waals surface area contributed by atoms with Crippen LogP contribution in [-0.4, -0.2) is 4.98 Å². The van der Waals surface area contributed by atoms with Crippen molar-refractivity contribution in [3.63, 3.8) is 0 Å². The maximum atomic E-state index is 4.32. The van der Waals surface area contributed by atoms with Gasteiger partial charge < -0.3 is 0 Å². The molecule has 0 aliphatic carbocycles. The van der Waals surface area contributed by atoms with E-state index in [1.807, 2.05) is 13.0 Å². The van der Waals surface area contributed by atoms with Crippen LogP contribution >= 0.6 is 33.9 Å². The van der Waals surface area contributed by atoms with E-state index in [2.05, 4.69) is 40.7 Å². The van der Waals surface area contributed by atoms with Crippen LogP contribution in [0.3, 0.4) is 0 Å². The lowest BCUT2D eigenvalue weighted by molar-refractivity contribution is 1.27. The highest BCUT2D eigenvalue weighted by molar-refractivity contribution is 14.1. The number of thiazole rings is 1. The number of rotatable bonds is 2. The van der Waals surface area contributed by atoms with E-state index in [0.717, 1.165) is 19.2 Å². The minimum Gasteiger partial charge on any atom is -0.240 e. The van der Waals surface area contributed by atoms with Crippen LogP contribution in [0.2, 0.25) is 0 Å². The van der Waals surface area contributed by atoms with Crippen molar-refractivity contribution >= 4 is 43.6 Å². The van der Waals surface area contributed by atoms with Gasteiger partial charge in [-0.05, 0) is 35.6 Å². The van der Waals surface area contributed by atoms with Crippen molar-refractivity contribution in [1.82, 2.24) is 4.98 Å². The summed E-state index contributed by atoms with van der Waals surface area (Å²) in [6.45, 7) is 9.53. The Morgan fingerprint density at radius 1 is 1.73 bits per heavy atom. The molecule has 1 aromatic rings. The molecule has 3 heteroatoms. The fourth-order valence-corrected chi connectivity index (χ4v) is 2.17. The SMILES string of the molecule is C=Cc1sc(C)nc1C(=C)I. The zero-order chi connectivity index (χ0) is 8.43. The largest absolute Gasteiger partial charge is 0.240 e. The van der Waals surface area contributed by atoms with Gasteiger partial charge in [-0.15, -0.1) is 11.3 Å². The molecule has 0 N–H and O–H groups in total. The van der Waals surface area contributed by atoms with E-state index in [4.69, 9.17) is 0 Å². The Morgan fingerprint density at radius 2 is 2.36 bits per heavy atom. The van der Waals surface area contributed by atoms with E-state index < -0.39 is 0 Å². The lowest BCUT2D eigenvalue weighted by atomic mass is 10.3. The molecule has 1 rings (SSSR count). The number of halogens is 1. The van der Waals surface area contributed by atoms with E-state index in [-0.39, 0.29) is 0 Å². The molecule has 0 radical (unpaired) electrons. The molecule has 0 spiro atoms. The van der Waals surface area contributed by atoms with Gasteiger partial charge in [0.05, 0.1) is 15.6 Å². The van der Waals surface area contributed by atoms with E-state index in [1.54, 1.807) is 11.3 Å². The van der Waals surface area contributed by atoms with E-state index in [9.17, 15) is 0 Å². The molecule has 1 heterocycles. The third-order valence-electron chi connectivity index (χ3n) is 1.20. The van der Waals surface area contributed by atoms with Crippen LogP contribution < -0.4 is 0 Å². The molecule has 11 heavy (non-hydrogen) atoms. The van der Waals surface area contributed by atoms with Crippen molar-refractivity contribution in [3.8, 4) is 0 Å². The predicted octanol–water partition coefficient (Wildman–Crippen LogP) is 3.50. The number of hydrogen-bond acceptors (Lipinski definition) is 2. The third kappa shape index (κ3) is 1.90. The first-order valence-electron chi connectivity index (χ1n) is 3.09. The molecule has 0 atom stereocenters. The van der Waals surface area contributed by atoms with Gasteiger partial charge in [0.25, 0.3) is 0 Å². The Morgan fingerprint density at radius 3 is 2.73 bits per heavy atom. The number of hydrogen-bond donors (Lipinski definition) is 0. The zero-order valence-corrected chi connectivity index (χ0v) is 9.20. The first-order chi connectivity index (χ1) is 5.15. The van der Waals surface area contributed by atoms with Crippen molar-refractivity contribution in [3.05, 3.63) is 28.7 Å². The van der Waals surface area contributed by atoms with Crippen molar-refractivity contribution in [2.24, 2.45) is 0 Å². The van der Waals surface area contributed by atoms with E-state index >= 15 is 0 Å². The summed E-state index contributed by atoms with van der Waals surface area (Å²) in [5, 5.41) is 1.06. The van der Waals surface area contributed by atoms with Gasteiger partial charge in [0.15, 0.2) is 0 Å². The molecule has 0 aliphatic rings. The summed E-state index contributed by atoms with van der Waals surface area (Å²) in [5.41, 5.74) is 0.975. The molecule has 0 bridgehead atoms. The number of aromatic nitrogens is 1. The highest BCUT2D eigenvalue weighted by atomic mass is 127. The molecule has 1 aromatic heterocycles. The van der Waals surface area contributed by atoms with Gasteiger partial charge >= 0.3 is 0 Å². The van der Waals surface area contributed by atoms with Gasteiger partial charge in [-0.25, -0.2) is 4.98 Å². The highest BCUT2D eigenvalue weighted by Crippen LogP contribution is 2.27. The summed E-state index contributed by atoms with van der Waals surface area (Å²) >= 11 is 3.82. The second-order valence-corrected chi connectivity index (χ2v) is 4.59. The smallest absolute Gasteiger partial charge is 0.0942 e. The maximum absolute atomic E-state index is 4.32. The molecule has 0 saturated heterocycles. The minimum absolute atomic E-state index is 0.974. The molecule has 0 saturated carbocycles.